The van der Waals surface area contributed by atoms with Crippen molar-refractivity contribution in [1.29, 1.82) is 0 Å². The Morgan fingerprint density at radius 1 is 1.13 bits per heavy atom. The summed E-state index contributed by atoms with van der Waals surface area (Å²) in [6.07, 6.45) is 0. The molecular weight excluding hydrogens is 314 g/mol. The van der Waals surface area contributed by atoms with E-state index < -0.39 is 11.9 Å². The van der Waals surface area contributed by atoms with Crippen LogP contribution in [0, 0.1) is 0 Å². The minimum Gasteiger partial charge on any atom is -0.497 e. The van der Waals surface area contributed by atoms with Crippen LogP contribution in [0.3, 0.4) is 0 Å². The number of imide groups is 1. The minimum absolute atomic E-state index is 0.409. The van der Waals surface area contributed by atoms with Crippen LogP contribution in [0.25, 0.3) is 10.2 Å². The molecule has 0 fully saturated rings. The molecule has 0 saturated heterocycles. The van der Waals surface area contributed by atoms with E-state index >= 15 is 0 Å². The molecule has 0 atom stereocenters. The molecule has 116 valence electrons. The smallest absolute Gasteiger partial charge is 0.327 e. The van der Waals surface area contributed by atoms with Crippen LogP contribution in [-0.4, -0.2) is 24.0 Å². The fraction of sp³-hybridized carbons (Fsp3) is 0.0625. The molecule has 2 N–H and O–H groups in total. The van der Waals surface area contributed by atoms with E-state index in [0.717, 1.165) is 16.0 Å². The van der Waals surface area contributed by atoms with Crippen LogP contribution in [0.2, 0.25) is 0 Å². The van der Waals surface area contributed by atoms with E-state index in [2.05, 4.69) is 15.6 Å². The van der Waals surface area contributed by atoms with Gasteiger partial charge in [-0.05, 0) is 30.3 Å². The lowest BCUT2D eigenvalue weighted by Crippen LogP contribution is -2.34. The number of ether oxygens (including phenoxy) is 1. The molecule has 3 amide bonds. The molecule has 3 rings (SSSR count). The van der Waals surface area contributed by atoms with Gasteiger partial charge in [0.05, 0.1) is 17.3 Å². The van der Waals surface area contributed by atoms with Gasteiger partial charge >= 0.3 is 6.03 Å². The monoisotopic (exact) mass is 327 g/mol. The lowest BCUT2D eigenvalue weighted by molar-refractivity contribution is 0.0967. The Bertz CT molecular complexity index is 861. The number of nitrogens with zero attached hydrogens (tertiary/aromatic N) is 1. The fourth-order valence-corrected chi connectivity index (χ4v) is 2.87. The van der Waals surface area contributed by atoms with E-state index in [0.29, 0.717) is 10.7 Å². The number of methoxy groups -OCH3 is 1. The lowest BCUT2D eigenvalue weighted by atomic mass is 10.2. The Hall–Kier alpha value is -2.93. The van der Waals surface area contributed by atoms with E-state index in [-0.39, 0.29) is 0 Å². The predicted octanol–water partition coefficient (Wildman–Crippen LogP) is 3.27. The van der Waals surface area contributed by atoms with Gasteiger partial charge in [-0.2, -0.15) is 0 Å². The van der Waals surface area contributed by atoms with Crippen molar-refractivity contribution in [3.63, 3.8) is 0 Å². The third-order valence-corrected chi connectivity index (χ3v) is 4.01. The van der Waals surface area contributed by atoms with Crippen LogP contribution in [0.4, 0.5) is 9.93 Å². The molecule has 7 heteroatoms. The van der Waals surface area contributed by atoms with E-state index in [4.69, 9.17) is 4.74 Å². The van der Waals surface area contributed by atoms with Gasteiger partial charge in [0, 0.05) is 5.56 Å². The number of aromatic nitrogens is 1. The van der Waals surface area contributed by atoms with Gasteiger partial charge in [-0.1, -0.05) is 29.5 Å². The van der Waals surface area contributed by atoms with Crippen LogP contribution in [0.5, 0.6) is 5.75 Å². The van der Waals surface area contributed by atoms with E-state index in [1.54, 1.807) is 43.5 Å². The summed E-state index contributed by atoms with van der Waals surface area (Å²) in [6.45, 7) is 0. The maximum atomic E-state index is 11.9. The predicted molar refractivity (Wildman–Crippen MR) is 89.1 cm³/mol. The number of thiazole rings is 1. The Morgan fingerprint density at radius 3 is 2.65 bits per heavy atom. The molecule has 2 aromatic carbocycles. The van der Waals surface area contributed by atoms with E-state index in [9.17, 15) is 9.59 Å². The molecule has 0 aliphatic rings. The number of rotatable bonds is 3. The summed E-state index contributed by atoms with van der Waals surface area (Å²) in [4.78, 5) is 28.1. The summed E-state index contributed by atoms with van der Waals surface area (Å²) in [5.74, 6) is 0.252. The van der Waals surface area contributed by atoms with Crippen LogP contribution in [-0.2, 0) is 0 Å². The second-order valence-electron chi connectivity index (χ2n) is 4.63. The zero-order valence-electron chi connectivity index (χ0n) is 12.2. The van der Waals surface area contributed by atoms with Gasteiger partial charge in [0.25, 0.3) is 5.91 Å². The third kappa shape index (κ3) is 3.46. The van der Waals surface area contributed by atoms with Crippen molar-refractivity contribution in [2.75, 3.05) is 12.4 Å². The summed E-state index contributed by atoms with van der Waals surface area (Å²) >= 11 is 1.30. The largest absolute Gasteiger partial charge is 0.497 e. The topological polar surface area (TPSA) is 80.3 Å². The number of fused-ring (bicyclic) bond motifs is 1. The highest BCUT2D eigenvalue weighted by atomic mass is 32.1. The molecule has 1 heterocycles. The molecule has 0 spiro atoms. The number of amides is 3. The number of nitrogens with one attached hydrogen (secondary N) is 2. The van der Waals surface area contributed by atoms with Gasteiger partial charge in [0.15, 0.2) is 5.13 Å². The van der Waals surface area contributed by atoms with Crippen molar-refractivity contribution < 1.29 is 14.3 Å². The summed E-state index contributed by atoms with van der Waals surface area (Å²) in [5.41, 5.74) is 1.16. The zero-order valence-corrected chi connectivity index (χ0v) is 13.0. The molecule has 0 aliphatic carbocycles. The molecule has 23 heavy (non-hydrogen) atoms. The van der Waals surface area contributed by atoms with Crippen LogP contribution in [0.15, 0.2) is 48.5 Å². The minimum atomic E-state index is -0.620. The van der Waals surface area contributed by atoms with Gasteiger partial charge in [-0.15, -0.1) is 0 Å². The molecule has 0 saturated carbocycles. The Kier molecular flexibility index (Phi) is 4.20. The molecule has 0 aliphatic heterocycles. The van der Waals surface area contributed by atoms with Crippen molar-refractivity contribution in [3.05, 3.63) is 54.1 Å². The second-order valence-corrected chi connectivity index (χ2v) is 5.66. The van der Waals surface area contributed by atoms with Gasteiger partial charge in [-0.25, -0.2) is 9.78 Å². The maximum absolute atomic E-state index is 11.9. The number of benzene rings is 2. The fourth-order valence-electron chi connectivity index (χ4n) is 1.98. The SMILES string of the molecule is COc1ccc2nc(NC(=O)NC(=O)c3ccccc3)sc2c1. The highest BCUT2D eigenvalue weighted by molar-refractivity contribution is 7.22. The van der Waals surface area contributed by atoms with Gasteiger partial charge in [0.2, 0.25) is 0 Å². The van der Waals surface area contributed by atoms with Gasteiger partial charge in [0.1, 0.15) is 5.75 Å². The summed E-state index contributed by atoms with van der Waals surface area (Å²) in [5, 5.41) is 5.24. The van der Waals surface area contributed by atoms with E-state index in [1.807, 2.05) is 12.1 Å². The standard InChI is InChI=1S/C16H13N3O3S/c1-22-11-7-8-12-13(9-11)23-16(17-12)19-15(21)18-14(20)10-5-3-2-4-6-10/h2-9H,1H3,(H2,17,18,19,20,21). The Balaban J connectivity index is 1.69. The lowest BCUT2D eigenvalue weighted by Gasteiger charge is -2.03. The Morgan fingerprint density at radius 2 is 1.91 bits per heavy atom. The highest BCUT2D eigenvalue weighted by Gasteiger charge is 2.12. The van der Waals surface area contributed by atoms with Gasteiger partial charge < -0.3 is 4.74 Å². The second kappa shape index (κ2) is 6.45. The van der Waals surface area contributed by atoms with Crippen molar-refractivity contribution in [3.8, 4) is 5.75 Å². The number of carbonyl (C=O) groups excluding carboxylic acids is 2. The zero-order chi connectivity index (χ0) is 16.2. The average Bonchev–Trinajstić information content (AvgIpc) is 2.96. The number of hydrogen-bond donors (Lipinski definition) is 2. The van der Waals surface area contributed by atoms with Crippen LogP contribution >= 0.6 is 11.3 Å². The first-order valence-corrected chi connectivity index (χ1v) is 7.59. The van der Waals surface area contributed by atoms with Crippen molar-refractivity contribution >= 4 is 38.6 Å². The third-order valence-electron chi connectivity index (χ3n) is 3.08. The summed E-state index contributed by atoms with van der Waals surface area (Å²) < 4.78 is 6.03. The van der Waals surface area contributed by atoms with Crippen LogP contribution in [0.1, 0.15) is 10.4 Å². The number of urea groups is 1. The first-order valence-electron chi connectivity index (χ1n) is 6.77. The quantitative estimate of drug-likeness (QED) is 0.774. The molecule has 0 radical (unpaired) electrons. The molecule has 3 aromatic rings. The first kappa shape index (κ1) is 15.0. The molecule has 0 unspecified atom stereocenters. The van der Waals surface area contributed by atoms with Gasteiger partial charge in [-0.3, -0.25) is 15.4 Å². The number of carbonyl (C=O) groups is 2. The average molecular weight is 327 g/mol. The molecule has 1 aromatic heterocycles. The normalized spacial score (nSPS) is 10.3. The first-order chi connectivity index (χ1) is 11.2. The molecule has 6 nitrogen and oxygen atoms in total. The number of anilines is 1. The molecular formula is C16H13N3O3S. The van der Waals surface area contributed by atoms with Crippen molar-refractivity contribution in [2.24, 2.45) is 0 Å². The van der Waals surface area contributed by atoms with Crippen molar-refractivity contribution in [2.45, 2.75) is 0 Å². The van der Waals surface area contributed by atoms with Crippen molar-refractivity contribution in [1.82, 2.24) is 10.3 Å². The highest BCUT2D eigenvalue weighted by Crippen LogP contribution is 2.28. The molecule has 0 bridgehead atoms. The Labute approximate surface area is 136 Å². The summed E-state index contributed by atoms with van der Waals surface area (Å²) in [7, 11) is 1.59. The summed E-state index contributed by atoms with van der Waals surface area (Å²) in [6, 6.07) is 13.3. The van der Waals surface area contributed by atoms with E-state index in [1.165, 1.54) is 11.3 Å². The number of hydrogen-bond acceptors (Lipinski definition) is 5. The van der Waals surface area contributed by atoms with Crippen LogP contribution < -0.4 is 15.4 Å². The maximum Gasteiger partial charge on any atom is 0.327 e.